The minimum Gasteiger partial charge on any atom is -0.404 e. The molecule has 0 bridgehead atoms. The van der Waals surface area contributed by atoms with Crippen LogP contribution in [0.15, 0.2) is 16.6 Å². The molecule has 0 aliphatic carbocycles. The topological polar surface area (TPSA) is 9.23 Å². The number of rotatable bonds is 1. The van der Waals surface area contributed by atoms with Crippen LogP contribution in [0.4, 0.5) is 26.3 Å². The van der Waals surface area contributed by atoms with Gasteiger partial charge in [-0.1, -0.05) is 0 Å². The predicted molar refractivity (Wildman–Crippen MR) is 58.5 cm³/mol. The smallest absolute Gasteiger partial charge is 0.404 e. The minimum atomic E-state index is -5.19. The van der Waals surface area contributed by atoms with Gasteiger partial charge in [-0.15, -0.1) is 13.2 Å². The van der Waals surface area contributed by atoms with Crippen molar-refractivity contribution in [3.05, 3.63) is 25.7 Å². The first kappa shape index (κ1) is 14.9. The van der Waals surface area contributed by atoms with Gasteiger partial charge in [-0.05, 0) is 50.7 Å². The Bertz CT molecular complexity index is 427. The van der Waals surface area contributed by atoms with Crippen LogP contribution in [0, 0.1) is 3.57 Å². The van der Waals surface area contributed by atoms with E-state index in [1.54, 1.807) is 22.6 Å². The molecule has 0 heterocycles. The SMILES string of the molecule is FC(F)(F)Oc1c(C(F)(F)F)ccc(I)c1Br. The van der Waals surface area contributed by atoms with Crippen molar-refractivity contribution in [2.75, 3.05) is 0 Å². The molecule has 0 amide bonds. The lowest BCUT2D eigenvalue weighted by molar-refractivity contribution is -0.276. The molecule has 0 saturated carbocycles. The van der Waals surface area contributed by atoms with E-state index in [0.29, 0.717) is 6.07 Å². The summed E-state index contributed by atoms with van der Waals surface area (Å²) >= 11 is 4.23. The molecule has 0 atom stereocenters. The second kappa shape index (κ2) is 4.82. The van der Waals surface area contributed by atoms with E-state index in [4.69, 9.17) is 0 Å². The largest absolute Gasteiger partial charge is 0.573 e. The molecule has 0 aliphatic rings. The molecule has 0 radical (unpaired) electrons. The van der Waals surface area contributed by atoms with Gasteiger partial charge in [0.15, 0.2) is 5.75 Å². The first-order chi connectivity index (χ1) is 7.52. The highest BCUT2D eigenvalue weighted by atomic mass is 127. The predicted octanol–water partition coefficient (Wildman–Crippen LogP) is 4.97. The van der Waals surface area contributed by atoms with Crippen LogP contribution in [0.2, 0.25) is 0 Å². The third-order valence-electron chi connectivity index (χ3n) is 1.57. The number of halogens is 8. The number of alkyl halides is 6. The fraction of sp³-hybridized carbons (Fsp3) is 0.250. The molecule has 0 spiro atoms. The lowest BCUT2D eigenvalue weighted by Gasteiger charge is -2.17. The van der Waals surface area contributed by atoms with E-state index in [-0.39, 0.29) is 8.04 Å². The fourth-order valence-electron chi connectivity index (χ4n) is 0.971. The van der Waals surface area contributed by atoms with Crippen molar-refractivity contribution in [1.29, 1.82) is 0 Å². The number of ether oxygens (including phenoxy) is 1. The van der Waals surface area contributed by atoms with E-state index in [1.807, 2.05) is 0 Å². The Balaban J connectivity index is 3.37. The maximum Gasteiger partial charge on any atom is 0.573 e. The van der Waals surface area contributed by atoms with Crippen molar-refractivity contribution >= 4 is 38.5 Å². The summed E-state index contributed by atoms with van der Waals surface area (Å²) in [6.45, 7) is 0. The zero-order valence-electron chi connectivity index (χ0n) is 7.59. The third-order valence-corrected chi connectivity index (χ3v) is 4.00. The molecule has 1 aromatic carbocycles. The molecule has 0 unspecified atom stereocenters. The van der Waals surface area contributed by atoms with Crippen molar-refractivity contribution < 1.29 is 31.1 Å². The molecule has 0 aromatic heterocycles. The molecule has 1 nitrogen and oxygen atoms in total. The maximum absolute atomic E-state index is 12.5. The zero-order chi connectivity index (χ0) is 13.4. The van der Waals surface area contributed by atoms with Crippen LogP contribution in [0.25, 0.3) is 0 Å². The second-order valence-electron chi connectivity index (χ2n) is 2.78. The van der Waals surface area contributed by atoms with Gasteiger partial charge in [0.1, 0.15) is 0 Å². The van der Waals surface area contributed by atoms with E-state index in [1.165, 1.54) is 0 Å². The first-order valence-electron chi connectivity index (χ1n) is 3.83. The Kier molecular flexibility index (Phi) is 4.22. The number of hydrogen-bond acceptors (Lipinski definition) is 1. The van der Waals surface area contributed by atoms with Crippen molar-refractivity contribution in [3.63, 3.8) is 0 Å². The van der Waals surface area contributed by atoms with Gasteiger partial charge in [0.2, 0.25) is 0 Å². The summed E-state index contributed by atoms with van der Waals surface area (Å²) in [4.78, 5) is 0. The summed E-state index contributed by atoms with van der Waals surface area (Å²) in [5.41, 5.74) is -1.48. The zero-order valence-corrected chi connectivity index (χ0v) is 11.3. The van der Waals surface area contributed by atoms with Gasteiger partial charge in [-0.25, -0.2) is 0 Å². The Morgan fingerprint density at radius 3 is 2.00 bits per heavy atom. The highest BCUT2D eigenvalue weighted by Crippen LogP contribution is 2.44. The molecule has 96 valence electrons. The van der Waals surface area contributed by atoms with Crippen molar-refractivity contribution in [1.82, 2.24) is 0 Å². The summed E-state index contributed by atoms with van der Waals surface area (Å²) in [6, 6.07) is 1.57. The van der Waals surface area contributed by atoms with Crippen molar-refractivity contribution in [2.24, 2.45) is 0 Å². The van der Waals surface area contributed by atoms with Gasteiger partial charge in [-0.2, -0.15) is 13.2 Å². The van der Waals surface area contributed by atoms with Crippen LogP contribution in [0.1, 0.15) is 5.56 Å². The molecule has 17 heavy (non-hydrogen) atoms. The number of hydrogen-bond donors (Lipinski definition) is 0. The average Bonchev–Trinajstić information content (AvgIpc) is 2.08. The Labute approximate surface area is 113 Å². The number of benzene rings is 1. The molecule has 1 aromatic rings. The Hall–Kier alpha value is -0.190. The van der Waals surface area contributed by atoms with Gasteiger partial charge in [0.05, 0.1) is 10.0 Å². The van der Waals surface area contributed by atoms with Crippen LogP contribution < -0.4 is 4.74 Å². The summed E-state index contributed by atoms with van der Waals surface area (Å²) in [7, 11) is 0. The first-order valence-corrected chi connectivity index (χ1v) is 5.70. The summed E-state index contributed by atoms with van der Waals surface area (Å²) in [6.07, 6.45) is -10.1. The van der Waals surface area contributed by atoms with Crippen LogP contribution in [-0.2, 0) is 6.18 Å². The van der Waals surface area contributed by atoms with E-state index < -0.39 is 23.9 Å². The quantitative estimate of drug-likeness (QED) is 0.448. The van der Waals surface area contributed by atoms with Gasteiger partial charge in [-0.3, -0.25) is 0 Å². The van der Waals surface area contributed by atoms with Crippen LogP contribution in [0.3, 0.4) is 0 Å². The average molecular weight is 435 g/mol. The normalized spacial score (nSPS) is 12.7. The highest BCUT2D eigenvalue weighted by molar-refractivity contribution is 14.1. The minimum absolute atomic E-state index is 0.176. The summed E-state index contributed by atoms with van der Waals surface area (Å²) < 4.78 is 76.6. The maximum atomic E-state index is 12.5. The Morgan fingerprint density at radius 1 is 1.06 bits per heavy atom. The third kappa shape index (κ3) is 3.90. The molecule has 1 rings (SSSR count). The van der Waals surface area contributed by atoms with Gasteiger partial charge in [0.25, 0.3) is 0 Å². The lowest BCUT2D eigenvalue weighted by Crippen LogP contribution is -2.20. The van der Waals surface area contributed by atoms with E-state index in [2.05, 4.69) is 20.7 Å². The summed E-state index contributed by atoms with van der Waals surface area (Å²) in [5.74, 6) is -1.28. The molecule has 9 heteroatoms. The van der Waals surface area contributed by atoms with Gasteiger partial charge < -0.3 is 4.74 Å². The van der Waals surface area contributed by atoms with Gasteiger partial charge >= 0.3 is 12.5 Å². The monoisotopic (exact) mass is 434 g/mol. The van der Waals surface area contributed by atoms with E-state index in [0.717, 1.165) is 6.07 Å². The van der Waals surface area contributed by atoms with E-state index in [9.17, 15) is 26.3 Å². The van der Waals surface area contributed by atoms with Crippen molar-refractivity contribution in [2.45, 2.75) is 12.5 Å². The Morgan fingerprint density at radius 2 is 1.59 bits per heavy atom. The fourth-order valence-corrected chi connectivity index (χ4v) is 1.82. The highest BCUT2D eigenvalue weighted by Gasteiger charge is 2.40. The lowest BCUT2D eigenvalue weighted by atomic mass is 10.2. The molecule has 0 saturated heterocycles. The molecule has 0 N–H and O–H groups in total. The molecule has 0 aliphatic heterocycles. The molecular weight excluding hydrogens is 433 g/mol. The molecular formula is C8H2BrF6IO. The summed E-state index contributed by atoms with van der Waals surface area (Å²) in [5, 5.41) is 0. The standard InChI is InChI=1S/C8H2BrF6IO/c9-5-4(16)2-1-3(7(10,11)12)6(5)17-8(13,14)15/h1-2H. The van der Waals surface area contributed by atoms with Crippen LogP contribution in [-0.4, -0.2) is 6.36 Å². The van der Waals surface area contributed by atoms with Crippen LogP contribution in [0.5, 0.6) is 5.75 Å². The molecule has 0 fully saturated rings. The second-order valence-corrected chi connectivity index (χ2v) is 4.74. The van der Waals surface area contributed by atoms with Crippen LogP contribution >= 0.6 is 38.5 Å². The van der Waals surface area contributed by atoms with E-state index >= 15 is 0 Å². The van der Waals surface area contributed by atoms with Gasteiger partial charge in [0, 0.05) is 3.57 Å². The van der Waals surface area contributed by atoms with Crippen molar-refractivity contribution in [3.8, 4) is 5.75 Å².